The number of likely N-dealkylation sites (tertiary alicyclic amines) is 1. The lowest BCUT2D eigenvalue weighted by atomic mass is 9.80. The quantitative estimate of drug-likeness (QED) is 0.814. The Morgan fingerprint density at radius 2 is 1.79 bits per heavy atom. The largest absolute Gasteiger partial charge is 0.352 e. The van der Waals surface area contributed by atoms with Crippen LogP contribution in [0.4, 0.5) is 4.39 Å². The molecule has 6 heteroatoms. The Balaban J connectivity index is 1.58. The Bertz CT molecular complexity index is 684. The van der Waals surface area contributed by atoms with E-state index in [4.69, 9.17) is 0 Å². The number of rotatable bonds is 5. The topological polar surface area (TPSA) is 61.4 Å². The molecular formula is C22H32FN3O2. The first-order chi connectivity index (χ1) is 13.4. The molecule has 0 spiro atoms. The van der Waals surface area contributed by atoms with E-state index in [1.165, 1.54) is 38.3 Å². The smallest absolute Gasteiger partial charge is 0.234 e. The van der Waals surface area contributed by atoms with E-state index in [9.17, 15) is 14.0 Å². The molecule has 1 heterocycles. The number of carbonyl (C=O) groups excluding carboxylic acids is 2. The van der Waals surface area contributed by atoms with Gasteiger partial charge >= 0.3 is 0 Å². The molecule has 2 fully saturated rings. The van der Waals surface area contributed by atoms with Crippen molar-refractivity contribution in [2.24, 2.45) is 5.92 Å². The molecule has 3 rings (SSSR count). The van der Waals surface area contributed by atoms with E-state index >= 15 is 0 Å². The summed E-state index contributed by atoms with van der Waals surface area (Å²) in [5.41, 5.74) is 0.425. The first-order valence-electron chi connectivity index (χ1n) is 10.4. The highest BCUT2D eigenvalue weighted by Crippen LogP contribution is 2.33. The second kappa shape index (κ2) is 9.03. The Labute approximate surface area is 167 Å². The minimum atomic E-state index is -0.496. The highest BCUT2D eigenvalue weighted by Gasteiger charge is 2.37. The van der Waals surface area contributed by atoms with Crippen molar-refractivity contribution < 1.29 is 14.0 Å². The Morgan fingerprint density at radius 1 is 1.14 bits per heavy atom. The standard InChI is InChI=1S/C22H32FN3O2/c1-16-5-3-4-6-20(16)24-21(28)15-26-13-11-22(12-14-26,25-17(2)27)18-7-9-19(23)10-8-18/h7-10,16,20H,3-6,11-15H2,1-2H3,(H,24,28)(H,25,27)/t16-,20-/m0/s1. The molecule has 2 aliphatic rings. The monoisotopic (exact) mass is 389 g/mol. The van der Waals surface area contributed by atoms with Crippen molar-refractivity contribution in [2.45, 2.75) is 64.0 Å². The Morgan fingerprint density at radius 3 is 2.39 bits per heavy atom. The summed E-state index contributed by atoms with van der Waals surface area (Å²) in [5, 5.41) is 6.30. The molecule has 2 atom stereocenters. The molecule has 0 radical (unpaired) electrons. The van der Waals surface area contributed by atoms with Crippen molar-refractivity contribution in [2.75, 3.05) is 19.6 Å². The number of halogens is 1. The summed E-state index contributed by atoms with van der Waals surface area (Å²) in [6.45, 7) is 5.55. The zero-order chi connectivity index (χ0) is 20.1. The number of hydrogen-bond acceptors (Lipinski definition) is 3. The first kappa shape index (κ1) is 20.8. The number of piperidine rings is 1. The van der Waals surface area contributed by atoms with E-state index in [-0.39, 0.29) is 17.6 Å². The maximum atomic E-state index is 13.3. The maximum absolute atomic E-state index is 13.3. The summed E-state index contributed by atoms with van der Waals surface area (Å²) in [4.78, 5) is 26.5. The van der Waals surface area contributed by atoms with Crippen molar-refractivity contribution in [3.05, 3.63) is 35.6 Å². The molecule has 0 unspecified atom stereocenters. The zero-order valence-electron chi connectivity index (χ0n) is 17.0. The third kappa shape index (κ3) is 5.10. The minimum Gasteiger partial charge on any atom is -0.352 e. The summed E-state index contributed by atoms with van der Waals surface area (Å²) in [6.07, 6.45) is 6.11. The van der Waals surface area contributed by atoms with Crippen LogP contribution in [0.5, 0.6) is 0 Å². The van der Waals surface area contributed by atoms with Crippen LogP contribution in [0.15, 0.2) is 24.3 Å². The van der Waals surface area contributed by atoms with Crippen LogP contribution >= 0.6 is 0 Å². The molecule has 1 aliphatic carbocycles. The number of benzene rings is 1. The molecule has 154 valence electrons. The van der Waals surface area contributed by atoms with Gasteiger partial charge in [-0.25, -0.2) is 4.39 Å². The third-order valence-corrected chi connectivity index (χ3v) is 6.35. The number of nitrogens with one attached hydrogen (secondary N) is 2. The normalized spacial score (nSPS) is 25.1. The van der Waals surface area contributed by atoms with Gasteiger partial charge < -0.3 is 10.6 Å². The minimum absolute atomic E-state index is 0.0903. The van der Waals surface area contributed by atoms with E-state index in [1.807, 2.05) is 0 Å². The van der Waals surface area contributed by atoms with Gasteiger partial charge in [0.2, 0.25) is 11.8 Å². The van der Waals surface area contributed by atoms with E-state index in [1.54, 1.807) is 12.1 Å². The predicted octanol–water partition coefficient (Wildman–Crippen LogP) is 2.95. The molecule has 28 heavy (non-hydrogen) atoms. The SMILES string of the molecule is CC(=O)NC1(c2ccc(F)cc2)CCN(CC(=O)N[C@H]2CCCC[C@@H]2C)CC1. The Kier molecular flexibility index (Phi) is 6.70. The number of carbonyl (C=O) groups is 2. The zero-order valence-corrected chi connectivity index (χ0v) is 17.0. The van der Waals surface area contributed by atoms with Crippen LogP contribution in [0.2, 0.25) is 0 Å². The van der Waals surface area contributed by atoms with Gasteiger partial charge in [0.25, 0.3) is 0 Å². The van der Waals surface area contributed by atoms with E-state index in [2.05, 4.69) is 22.5 Å². The molecule has 0 aromatic heterocycles. The van der Waals surface area contributed by atoms with E-state index in [0.717, 1.165) is 12.0 Å². The fraction of sp³-hybridized carbons (Fsp3) is 0.636. The van der Waals surface area contributed by atoms with Gasteiger partial charge in [-0.05, 0) is 49.3 Å². The van der Waals surface area contributed by atoms with Crippen LogP contribution in [0, 0.1) is 11.7 Å². The lowest BCUT2D eigenvalue weighted by molar-refractivity contribution is -0.125. The van der Waals surface area contributed by atoms with Crippen molar-refractivity contribution in [1.82, 2.24) is 15.5 Å². The van der Waals surface area contributed by atoms with Crippen LogP contribution in [-0.4, -0.2) is 42.4 Å². The molecule has 1 aromatic carbocycles. The summed E-state index contributed by atoms with van der Waals surface area (Å²) >= 11 is 0. The summed E-state index contributed by atoms with van der Waals surface area (Å²) in [7, 11) is 0. The maximum Gasteiger partial charge on any atom is 0.234 e. The highest BCUT2D eigenvalue weighted by atomic mass is 19.1. The van der Waals surface area contributed by atoms with Crippen LogP contribution in [0.25, 0.3) is 0 Å². The van der Waals surface area contributed by atoms with Crippen LogP contribution in [-0.2, 0) is 15.1 Å². The van der Waals surface area contributed by atoms with Gasteiger partial charge in [0, 0.05) is 26.1 Å². The highest BCUT2D eigenvalue weighted by molar-refractivity contribution is 5.78. The van der Waals surface area contributed by atoms with E-state index in [0.29, 0.717) is 44.4 Å². The van der Waals surface area contributed by atoms with Crippen LogP contribution in [0.1, 0.15) is 57.9 Å². The van der Waals surface area contributed by atoms with Gasteiger partial charge in [0.1, 0.15) is 5.82 Å². The Hall–Kier alpha value is -1.95. The molecule has 2 N–H and O–H groups in total. The van der Waals surface area contributed by atoms with Gasteiger partial charge in [-0.2, -0.15) is 0 Å². The molecule has 1 aromatic rings. The van der Waals surface area contributed by atoms with Crippen molar-refractivity contribution in [3.63, 3.8) is 0 Å². The van der Waals surface area contributed by atoms with Gasteiger partial charge in [-0.1, -0.05) is 31.9 Å². The number of amides is 2. The molecule has 1 saturated heterocycles. The van der Waals surface area contributed by atoms with Gasteiger partial charge in [-0.15, -0.1) is 0 Å². The average molecular weight is 390 g/mol. The van der Waals surface area contributed by atoms with Gasteiger partial charge in [0.05, 0.1) is 12.1 Å². The second-order valence-corrected chi connectivity index (χ2v) is 8.48. The average Bonchev–Trinajstić information content (AvgIpc) is 2.65. The lowest BCUT2D eigenvalue weighted by Gasteiger charge is -2.42. The molecule has 0 bridgehead atoms. The summed E-state index contributed by atoms with van der Waals surface area (Å²) in [6, 6.07) is 6.66. The first-order valence-corrected chi connectivity index (χ1v) is 10.4. The molecule has 1 saturated carbocycles. The van der Waals surface area contributed by atoms with Crippen molar-refractivity contribution in [3.8, 4) is 0 Å². The molecule has 2 amide bonds. The number of hydrogen-bond donors (Lipinski definition) is 2. The van der Waals surface area contributed by atoms with Crippen LogP contribution in [0.3, 0.4) is 0 Å². The lowest BCUT2D eigenvalue weighted by Crippen LogP contribution is -2.54. The fourth-order valence-corrected chi connectivity index (χ4v) is 4.67. The molecule has 1 aliphatic heterocycles. The fourth-order valence-electron chi connectivity index (χ4n) is 4.67. The van der Waals surface area contributed by atoms with Crippen LogP contribution < -0.4 is 10.6 Å². The van der Waals surface area contributed by atoms with Crippen molar-refractivity contribution >= 4 is 11.8 Å². The van der Waals surface area contributed by atoms with Crippen molar-refractivity contribution in [1.29, 1.82) is 0 Å². The van der Waals surface area contributed by atoms with Gasteiger partial charge in [0.15, 0.2) is 0 Å². The summed E-state index contributed by atoms with van der Waals surface area (Å²) < 4.78 is 13.3. The van der Waals surface area contributed by atoms with E-state index < -0.39 is 5.54 Å². The summed E-state index contributed by atoms with van der Waals surface area (Å²) in [5.74, 6) is 0.257. The second-order valence-electron chi connectivity index (χ2n) is 8.48. The predicted molar refractivity (Wildman–Crippen MR) is 107 cm³/mol. The molecule has 5 nitrogen and oxygen atoms in total. The van der Waals surface area contributed by atoms with Gasteiger partial charge in [-0.3, -0.25) is 14.5 Å². The number of nitrogens with zero attached hydrogens (tertiary/aromatic N) is 1. The molecular weight excluding hydrogens is 357 g/mol. The third-order valence-electron chi connectivity index (χ3n) is 6.35.